The number of carbonyl (C=O) groups is 1. The second-order valence-electron chi connectivity index (χ2n) is 6.19. The van der Waals surface area contributed by atoms with Gasteiger partial charge in [0.1, 0.15) is 0 Å². The third kappa shape index (κ3) is 3.96. The Morgan fingerprint density at radius 3 is 3.00 bits per heavy atom. The second kappa shape index (κ2) is 7.21. The van der Waals surface area contributed by atoms with Crippen LogP contribution in [0.25, 0.3) is 0 Å². The van der Waals surface area contributed by atoms with Crippen LogP contribution in [0.1, 0.15) is 47.6 Å². The SMILES string of the molecule is CCc1csc(C2CCCN(C(=O)Cc3ccc(C)nc3)C2)n1. The number of hydrogen-bond donors (Lipinski definition) is 0. The fourth-order valence-electron chi connectivity index (χ4n) is 2.97. The highest BCUT2D eigenvalue weighted by molar-refractivity contribution is 7.09. The Hall–Kier alpha value is -1.75. The van der Waals surface area contributed by atoms with Gasteiger partial charge in [-0.05, 0) is 37.8 Å². The van der Waals surface area contributed by atoms with Gasteiger partial charge in [-0.1, -0.05) is 13.0 Å². The summed E-state index contributed by atoms with van der Waals surface area (Å²) in [6.45, 7) is 5.75. The van der Waals surface area contributed by atoms with Crippen molar-refractivity contribution in [3.05, 3.63) is 45.7 Å². The zero-order chi connectivity index (χ0) is 16.2. The van der Waals surface area contributed by atoms with E-state index in [1.807, 2.05) is 30.2 Å². The van der Waals surface area contributed by atoms with Gasteiger partial charge < -0.3 is 4.90 Å². The van der Waals surface area contributed by atoms with E-state index in [1.165, 1.54) is 10.7 Å². The monoisotopic (exact) mass is 329 g/mol. The summed E-state index contributed by atoms with van der Waals surface area (Å²) in [5.74, 6) is 0.599. The largest absolute Gasteiger partial charge is 0.342 e. The Labute approximate surface area is 141 Å². The van der Waals surface area contributed by atoms with Crippen molar-refractivity contribution >= 4 is 17.2 Å². The molecule has 1 fully saturated rings. The number of carbonyl (C=O) groups excluding carboxylic acids is 1. The molecule has 3 rings (SSSR count). The molecule has 0 spiro atoms. The molecule has 0 aromatic carbocycles. The van der Waals surface area contributed by atoms with Crippen molar-refractivity contribution in [1.82, 2.24) is 14.9 Å². The Morgan fingerprint density at radius 1 is 1.43 bits per heavy atom. The van der Waals surface area contributed by atoms with Gasteiger partial charge in [-0.15, -0.1) is 11.3 Å². The quantitative estimate of drug-likeness (QED) is 0.864. The molecule has 1 atom stereocenters. The molecule has 4 nitrogen and oxygen atoms in total. The van der Waals surface area contributed by atoms with E-state index in [0.717, 1.165) is 43.6 Å². The molecule has 0 saturated carbocycles. The normalized spacial score (nSPS) is 18.2. The van der Waals surface area contributed by atoms with E-state index in [4.69, 9.17) is 4.98 Å². The molecule has 2 aromatic heterocycles. The highest BCUT2D eigenvalue weighted by atomic mass is 32.1. The lowest BCUT2D eigenvalue weighted by molar-refractivity contribution is -0.131. The minimum absolute atomic E-state index is 0.202. The first kappa shape index (κ1) is 16.1. The van der Waals surface area contributed by atoms with E-state index in [-0.39, 0.29) is 5.91 Å². The predicted octanol–water partition coefficient (Wildman–Crippen LogP) is 3.36. The molecule has 1 saturated heterocycles. The number of aromatic nitrogens is 2. The number of aryl methyl sites for hydroxylation is 2. The van der Waals surface area contributed by atoms with Crippen molar-refractivity contribution in [1.29, 1.82) is 0 Å². The molecule has 0 radical (unpaired) electrons. The molecule has 3 heterocycles. The summed E-state index contributed by atoms with van der Waals surface area (Å²) in [5.41, 5.74) is 3.14. The van der Waals surface area contributed by atoms with E-state index in [9.17, 15) is 4.79 Å². The summed E-state index contributed by atoms with van der Waals surface area (Å²) in [7, 11) is 0. The maximum Gasteiger partial charge on any atom is 0.227 e. The van der Waals surface area contributed by atoms with Crippen molar-refractivity contribution in [2.45, 2.75) is 45.4 Å². The fourth-order valence-corrected chi connectivity index (χ4v) is 4.00. The first-order valence-electron chi connectivity index (χ1n) is 8.29. The van der Waals surface area contributed by atoms with Crippen LogP contribution in [0.3, 0.4) is 0 Å². The zero-order valence-electron chi connectivity index (χ0n) is 13.8. The van der Waals surface area contributed by atoms with E-state index >= 15 is 0 Å². The van der Waals surface area contributed by atoms with E-state index in [1.54, 1.807) is 11.3 Å². The smallest absolute Gasteiger partial charge is 0.227 e. The minimum Gasteiger partial charge on any atom is -0.342 e. The number of amides is 1. The standard InChI is InChI=1S/C18H23N3OS/c1-3-16-12-23-18(20-16)15-5-4-8-21(11-15)17(22)9-14-7-6-13(2)19-10-14/h6-7,10,12,15H,3-5,8-9,11H2,1-2H3. The van der Waals surface area contributed by atoms with Gasteiger partial charge in [0, 0.05) is 36.3 Å². The zero-order valence-corrected chi connectivity index (χ0v) is 14.6. The number of hydrogen-bond acceptors (Lipinski definition) is 4. The van der Waals surface area contributed by atoms with Crippen LogP contribution in [-0.2, 0) is 17.6 Å². The van der Waals surface area contributed by atoms with Crippen LogP contribution in [0.2, 0.25) is 0 Å². The highest BCUT2D eigenvalue weighted by Gasteiger charge is 2.26. The van der Waals surface area contributed by atoms with Crippen LogP contribution in [0.5, 0.6) is 0 Å². The number of rotatable bonds is 4. The van der Waals surface area contributed by atoms with E-state index in [2.05, 4.69) is 17.3 Å². The topological polar surface area (TPSA) is 46.1 Å². The fraction of sp³-hybridized carbons (Fsp3) is 0.500. The van der Waals surface area contributed by atoms with Gasteiger partial charge >= 0.3 is 0 Å². The second-order valence-corrected chi connectivity index (χ2v) is 7.08. The number of piperidine rings is 1. The van der Waals surface area contributed by atoms with Crippen molar-refractivity contribution in [3.63, 3.8) is 0 Å². The first-order chi connectivity index (χ1) is 11.2. The molecule has 5 heteroatoms. The van der Waals surface area contributed by atoms with Gasteiger partial charge in [-0.25, -0.2) is 4.98 Å². The first-order valence-corrected chi connectivity index (χ1v) is 9.17. The Morgan fingerprint density at radius 2 is 2.30 bits per heavy atom. The molecule has 1 aliphatic heterocycles. The lowest BCUT2D eigenvalue weighted by Gasteiger charge is -2.32. The van der Waals surface area contributed by atoms with Gasteiger partial charge in [0.2, 0.25) is 5.91 Å². The molecular weight excluding hydrogens is 306 g/mol. The molecule has 1 amide bonds. The Bertz CT molecular complexity index is 665. The maximum atomic E-state index is 12.6. The van der Waals surface area contributed by atoms with Crippen LogP contribution in [0, 0.1) is 6.92 Å². The minimum atomic E-state index is 0.202. The van der Waals surface area contributed by atoms with Crippen molar-refractivity contribution in [3.8, 4) is 0 Å². The molecule has 1 unspecified atom stereocenters. The van der Waals surface area contributed by atoms with Crippen LogP contribution < -0.4 is 0 Å². The summed E-state index contributed by atoms with van der Waals surface area (Å²) in [6, 6.07) is 3.96. The van der Waals surface area contributed by atoms with E-state index in [0.29, 0.717) is 12.3 Å². The highest BCUT2D eigenvalue weighted by Crippen LogP contribution is 2.29. The third-order valence-corrected chi connectivity index (χ3v) is 5.44. The number of thiazole rings is 1. The van der Waals surface area contributed by atoms with Gasteiger partial charge in [0.05, 0.1) is 17.1 Å². The Kier molecular flexibility index (Phi) is 5.06. The van der Waals surface area contributed by atoms with Gasteiger partial charge in [0.25, 0.3) is 0 Å². The molecule has 1 aliphatic rings. The predicted molar refractivity (Wildman–Crippen MR) is 92.7 cm³/mol. The van der Waals surface area contributed by atoms with Crippen molar-refractivity contribution in [2.24, 2.45) is 0 Å². The Balaban J connectivity index is 1.63. The van der Waals surface area contributed by atoms with E-state index < -0.39 is 0 Å². The van der Waals surface area contributed by atoms with Crippen molar-refractivity contribution < 1.29 is 4.79 Å². The maximum absolute atomic E-state index is 12.6. The van der Waals surface area contributed by atoms with Crippen LogP contribution in [0.15, 0.2) is 23.7 Å². The molecule has 0 aliphatic carbocycles. The summed E-state index contributed by atoms with van der Waals surface area (Å²) in [6.07, 6.45) is 5.42. The van der Waals surface area contributed by atoms with Crippen LogP contribution in [0.4, 0.5) is 0 Å². The van der Waals surface area contributed by atoms with Crippen molar-refractivity contribution in [2.75, 3.05) is 13.1 Å². The van der Waals surface area contributed by atoms with Crippen LogP contribution >= 0.6 is 11.3 Å². The lowest BCUT2D eigenvalue weighted by Crippen LogP contribution is -2.39. The average Bonchev–Trinajstić information content (AvgIpc) is 3.06. The van der Waals surface area contributed by atoms with Crippen LogP contribution in [-0.4, -0.2) is 33.9 Å². The number of pyridine rings is 1. The summed E-state index contributed by atoms with van der Waals surface area (Å²) >= 11 is 1.74. The van der Waals surface area contributed by atoms with Gasteiger partial charge in [0.15, 0.2) is 0 Å². The molecule has 122 valence electrons. The number of likely N-dealkylation sites (tertiary alicyclic amines) is 1. The molecular formula is C18H23N3OS. The average molecular weight is 329 g/mol. The third-order valence-electron chi connectivity index (χ3n) is 4.38. The molecule has 0 N–H and O–H groups in total. The molecule has 23 heavy (non-hydrogen) atoms. The lowest BCUT2D eigenvalue weighted by atomic mass is 9.98. The van der Waals surface area contributed by atoms with Gasteiger partial charge in [-0.3, -0.25) is 9.78 Å². The summed E-state index contributed by atoms with van der Waals surface area (Å²) in [5, 5.41) is 3.34. The summed E-state index contributed by atoms with van der Waals surface area (Å²) < 4.78 is 0. The molecule has 0 bridgehead atoms. The summed E-state index contributed by atoms with van der Waals surface area (Å²) in [4.78, 5) is 23.6. The van der Waals surface area contributed by atoms with Gasteiger partial charge in [-0.2, -0.15) is 0 Å². The number of nitrogens with zero attached hydrogens (tertiary/aromatic N) is 3. The molecule has 2 aromatic rings.